The number of hydrogen-bond donors (Lipinski definition) is 0. The van der Waals surface area contributed by atoms with E-state index in [-0.39, 0.29) is 0 Å². The minimum Gasteiger partial charge on any atom is -0.530 e. The second-order valence-electron chi connectivity index (χ2n) is 4.14. The van der Waals surface area contributed by atoms with Gasteiger partial charge in [0.2, 0.25) is 0 Å². The maximum absolute atomic E-state index is 10.8. The lowest BCUT2D eigenvalue weighted by atomic mass is 9.94. The molecule has 1 amide bonds. The first-order valence-electron chi connectivity index (χ1n) is 5.39. The van der Waals surface area contributed by atoms with E-state index in [0.717, 1.165) is 24.3 Å². The van der Waals surface area contributed by atoms with Gasteiger partial charge in [0, 0.05) is 6.54 Å². The van der Waals surface area contributed by atoms with Crippen LogP contribution in [0.2, 0.25) is 0 Å². The van der Waals surface area contributed by atoms with Crippen molar-refractivity contribution in [3.8, 4) is 0 Å². The van der Waals surface area contributed by atoms with Crippen LogP contribution >= 0.6 is 0 Å². The number of nitrogens with zero attached hydrogens (tertiary/aromatic N) is 2. The van der Waals surface area contributed by atoms with Crippen molar-refractivity contribution >= 4 is 11.8 Å². The molecular weight excluding hydrogens is 204 g/mol. The summed E-state index contributed by atoms with van der Waals surface area (Å²) in [6, 6.07) is 0. The molecule has 82 valence electrons. The van der Waals surface area contributed by atoms with Crippen LogP contribution in [-0.4, -0.2) is 29.8 Å². The molecule has 2 heterocycles. The molecule has 4 heteroatoms. The Hall–Kier alpha value is -1.84. The lowest BCUT2D eigenvalue weighted by molar-refractivity contribution is -0.264. The summed E-state index contributed by atoms with van der Waals surface area (Å²) in [4.78, 5) is 16.6. The summed E-state index contributed by atoms with van der Waals surface area (Å²) in [5.41, 5.74) is 4.43. The molecule has 4 nitrogen and oxygen atoms in total. The predicted molar refractivity (Wildman–Crippen MR) is 57.9 cm³/mol. The summed E-state index contributed by atoms with van der Waals surface area (Å²) < 4.78 is 0. The Morgan fingerprint density at radius 3 is 3.12 bits per heavy atom. The Balaban J connectivity index is 1.94. The Labute approximate surface area is 93.3 Å². The van der Waals surface area contributed by atoms with Crippen LogP contribution in [0.4, 0.5) is 4.79 Å². The van der Waals surface area contributed by atoms with Crippen molar-refractivity contribution in [3.05, 3.63) is 35.1 Å². The Morgan fingerprint density at radius 1 is 1.44 bits per heavy atom. The van der Waals surface area contributed by atoms with E-state index in [2.05, 4.69) is 11.1 Å². The van der Waals surface area contributed by atoms with Crippen LogP contribution in [0.25, 0.3) is 0 Å². The molecule has 0 aromatic carbocycles. The third-order valence-electron chi connectivity index (χ3n) is 3.22. The molecular formula is C12H11N2O2-. The Bertz CT molecular complexity index is 483. The van der Waals surface area contributed by atoms with E-state index in [9.17, 15) is 9.90 Å². The molecule has 0 N–H and O–H groups in total. The number of fused-ring (bicyclic) bond motifs is 2. The van der Waals surface area contributed by atoms with Gasteiger partial charge in [-0.1, -0.05) is 12.2 Å². The van der Waals surface area contributed by atoms with Gasteiger partial charge in [0.1, 0.15) is 6.09 Å². The fraction of sp³-hybridized carbons (Fsp3) is 0.333. The smallest absolute Gasteiger partial charge is 0.137 e. The number of carbonyl (C=O) groups is 1. The molecule has 0 radical (unpaired) electrons. The first-order valence-corrected chi connectivity index (χ1v) is 5.39. The van der Waals surface area contributed by atoms with E-state index in [1.54, 1.807) is 0 Å². The van der Waals surface area contributed by atoms with Gasteiger partial charge in [-0.25, -0.2) is 0 Å². The molecule has 1 fully saturated rings. The first-order chi connectivity index (χ1) is 7.75. The lowest BCUT2D eigenvalue weighted by Crippen LogP contribution is -2.47. The summed E-state index contributed by atoms with van der Waals surface area (Å²) in [5, 5.41) is 10.8. The van der Waals surface area contributed by atoms with Crippen LogP contribution in [0.1, 0.15) is 12.8 Å². The molecule has 0 aromatic rings. The molecule has 3 aliphatic rings. The number of aliphatic imine (C=N–C) groups is 1. The van der Waals surface area contributed by atoms with E-state index in [1.807, 2.05) is 12.2 Å². The number of piperidine rings is 1. The fourth-order valence-electron chi connectivity index (χ4n) is 2.41. The number of carbonyl (C=O) groups excluding carboxylic acids is 1. The summed E-state index contributed by atoms with van der Waals surface area (Å²) in [7, 11) is 0. The van der Waals surface area contributed by atoms with Gasteiger partial charge in [-0.05, 0) is 30.1 Å². The minimum atomic E-state index is -1.10. The topological polar surface area (TPSA) is 55.7 Å². The highest BCUT2D eigenvalue weighted by atomic mass is 16.4. The average molecular weight is 215 g/mol. The molecule has 1 aliphatic carbocycles. The van der Waals surface area contributed by atoms with Gasteiger partial charge in [0.05, 0.1) is 18.0 Å². The van der Waals surface area contributed by atoms with Crippen LogP contribution in [-0.2, 0) is 0 Å². The maximum Gasteiger partial charge on any atom is 0.137 e. The lowest BCUT2D eigenvalue weighted by Gasteiger charge is -2.30. The van der Waals surface area contributed by atoms with Gasteiger partial charge in [-0.3, -0.25) is 4.99 Å². The molecule has 0 spiro atoms. The number of allylic oxidation sites excluding steroid dienone is 4. The standard InChI is InChI=1S/C12H12N2O2/c15-12(16)14-6-5-9-8-3-1-2-4-10(8)13-11(9)7-14/h1-2,4H,3,5-7H2,(H,15,16)/p-1. The van der Waals surface area contributed by atoms with Gasteiger partial charge < -0.3 is 14.8 Å². The third-order valence-corrected chi connectivity index (χ3v) is 3.22. The summed E-state index contributed by atoms with van der Waals surface area (Å²) in [5.74, 6) is 0. The van der Waals surface area contributed by atoms with Crippen molar-refractivity contribution in [2.24, 2.45) is 4.99 Å². The monoisotopic (exact) mass is 215 g/mol. The molecule has 3 rings (SSSR count). The zero-order valence-electron chi connectivity index (χ0n) is 8.77. The SMILES string of the molecule is O=C([O-])N1CCC2=C3CC=CC=C3N=C2C1. The predicted octanol–water partition coefficient (Wildman–Crippen LogP) is 0.630. The van der Waals surface area contributed by atoms with E-state index >= 15 is 0 Å². The van der Waals surface area contributed by atoms with Crippen molar-refractivity contribution < 1.29 is 9.90 Å². The van der Waals surface area contributed by atoms with Gasteiger partial charge in [-0.15, -0.1) is 0 Å². The third kappa shape index (κ3) is 1.30. The number of hydrogen-bond acceptors (Lipinski definition) is 3. The highest BCUT2D eigenvalue weighted by Gasteiger charge is 2.28. The van der Waals surface area contributed by atoms with Gasteiger partial charge >= 0.3 is 0 Å². The van der Waals surface area contributed by atoms with Gasteiger partial charge in [0.25, 0.3) is 0 Å². The van der Waals surface area contributed by atoms with Crippen molar-refractivity contribution in [2.75, 3.05) is 13.1 Å². The molecule has 0 atom stereocenters. The van der Waals surface area contributed by atoms with Gasteiger partial charge in [0.15, 0.2) is 0 Å². The fourth-order valence-corrected chi connectivity index (χ4v) is 2.41. The van der Waals surface area contributed by atoms with Crippen LogP contribution in [0, 0.1) is 0 Å². The molecule has 0 unspecified atom stereocenters. The molecule has 1 saturated heterocycles. The quantitative estimate of drug-likeness (QED) is 0.595. The van der Waals surface area contributed by atoms with E-state index in [1.165, 1.54) is 16.0 Å². The molecule has 0 aromatic heterocycles. The van der Waals surface area contributed by atoms with Gasteiger partial charge in [-0.2, -0.15) is 0 Å². The van der Waals surface area contributed by atoms with Crippen molar-refractivity contribution in [2.45, 2.75) is 12.8 Å². The largest absolute Gasteiger partial charge is 0.530 e. The summed E-state index contributed by atoms with van der Waals surface area (Å²) >= 11 is 0. The van der Waals surface area contributed by atoms with Crippen LogP contribution in [0.3, 0.4) is 0 Å². The molecule has 2 aliphatic heterocycles. The Kier molecular flexibility index (Phi) is 1.96. The number of likely N-dealkylation sites (tertiary alicyclic amines) is 1. The van der Waals surface area contributed by atoms with E-state index in [0.29, 0.717) is 13.1 Å². The molecule has 0 saturated carbocycles. The van der Waals surface area contributed by atoms with Crippen molar-refractivity contribution in [1.29, 1.82) is 0 Å². The van der Waals surface area contributed by atoms with E-state index in [4.69, 9.17) is 0 Å². The van der Waals surface area contributed by atoms with Crippen LogP contribution < -0.4 is 5.11 Å². The minimum absolute atomic E-state index is 0.374. The zero-order valence-corrected chi connectivity index (χ0v) is 8.77. The highest BCUT2D eigenvalue weighted by Crippen LogP contribution is 2.34. The van der Waals surface area contributed by atoms with Crippen molar-refractivity contribution in [1.82, 2.24) is 4.90 Å². The number of amides is 1. The molecule has 0 bridgehead atoms. The second-order valence-corrected chi connectivity index (χ2v) is 4.14. The summed E-state index contributed by atoms with van der Waals surface area (Å²) in [6.07, 6.45) is 6.66. The van der Waals surface area contributed by atoms with E-state index < -0.39 is 6.09 Å². The van der Waals surface area contributed by atoms with Crippen LogP contribution in [0.15, 0.2) is 40.1 Å². The maximum atomic E-state index is 10.8. The highest BCUT2D eigenvalue weighted by molar-refractivity contribution is 6.08. The average Bonchev–Trinajstić information content (AvgIpc) is 2.66. The number of rotatable bonds is 0. The Morgan fingerprint density at radius 2 is 2.31 bits per heavy atom. The summed E-state index contributed by atoms with van der Waals surface area (Å²) in [6.45, 7) is 0.898. The molecule has 16 heavy (non-hydrogen) atoms. The number of carboxylic acid groups (broad SMARTS) is 1. The van der Waals surface area contributed by atoms with Crippen LogP contribution in [0.5, 0.6) is 0 Å². The first kappa shape index (κ1) is 9.39. The zero-order chi connectivity index (χ0) is 11.1. The van der Waals surface area contributed by atoms with Crippen molar-refractivity contribution in [3.63, 3.8) is 0 Å². The normalized spacial score (nSPS) is 22.6. The second kappa shape index (κ2) is 3.33.